The number of aryl methyl sites for hydroxylation is 1. The van der Waals surface area contributed by atoms with Crippen LogP contribution >= 0.6 is 0 Å². The van der Waals surface area contributed by atoms with E-state index in [4.69, 9.17) is 4.74 Å². The number of hydrogen-bond acceptors (Lipinski definition) is 2. The fourth-order valence-electron chi connectivity index (χ4n) is 3.82. The van der Waals surface area contributed by atoms with Crippen LogP contribution in [-0.2, 0) is 17.7 Å². The molecule has 2 aromatic rings. The average Bonchev–Trinajstić information content (AvgIpc) is 2.86. The number of amides is 1. The van der Waals surface area contributed by atoms with Gasteiger partial charge in [-0.15, -0.1) is 0 Å². The quantitative estimate of drug-likeness (QED) is 0.854. The number of benzene rings is 1. The number of morpholine rings is 1. The van der Waals surface area contributed by atoms with Crippen molar-refractivity contribution in [1.29, 1.82) is 0 Å². The van der Waals surface area contributed by atoms with Crippen molar-refractivity contribution < 1.29 is 9.53 Å². The van der Waals surface area contributed by atoms with E-state index in [0.29, 0.717) is 26.3 Å². The highest BCUT2D eigenvalue weighted by atomic mass is 16.5. The van der Waals surface area contributed by atoms with Crippen LogP contribution in [0.1, 0.15) is 45.4 Å². The smallest absolute Gasteiger partial charge is 0.270 e. The summed E-state index contributed by atoms with van der Waals surface area (Å²) in [4.78, 5) is 15.2. The minimum Gasteiger partial charge on any atom is -0.378 e. The van der Waals surface area contributed by atoms with Gasteiger partial charge in [0.1, 0.15) is 5.69 Å². The molecule has 0 saturated carbocycles. The third-order valence-corrected chi connectivity index (χ3v) is 5.36. The number of ether oxygens (including phenoxy) is 1. The van der Waals surface area contributed by atoms with Gasteiger partial charge in [0.25, 0.3) is 5.91 Å². The molecule has 0 radical (unpaired) electrons. The molecular weight excluding hydrogens is 312 g/mol. The molecule has 3 rings (SSSR count). The molecule has 2 heterocycles. The predicted molar refractivity (Wildman–Crippen MR) is 100 cm³/mol. The molecule has 0 unspecified atom stereocenters. The Morgan fingerprint density at radius 1 is 1.12 bits per heavy atom. The summed E-state index contributed by atoms with van der Waals surface area (Å²) in [6.07, 6.45) is 0.946. The molecule has 1 amide bonds. The van der Waals surface area contributed by atoms with Crippen LogP contribution in [0.4, 0.5) is 0 Å². The average molecular weight is 340 g/mol. The molecule has 1 saturated heterocycles. The number of carbonyl (C=O) groups is 1. The molecule has 134 valence electrons. The summed E-state index contributed by atoms with van der Waals surface area (Å²) < 4.78 is 7.62. The summed E-state index contributed by atoms with van der Waals surface area (Å²) in [6.45, 7) is 11.9. The van der Waals surface area contributed by atoms with Crippen molar-refractivity contribution in [3.05, 3.63) is 57.9 Å². The van der Waals surface area contributed by atoms with E-state index in [2.05, 4.69) is 56.5 Å². The summed E-state index contributed by atoms with van der Waals surface area (Å²) in [5.41, 5.74) is 7.00. The molecular formula is C21H28N2O2. The number of rotatable bonds is 4. The highest BCUT2D eigenvalue weighted by Crippen LogP contribution is 2.26. The van der Waals surface area contributed by atoms with Gasteiger partial charge in [0.15, 0.2) is 0 Å². The molecule has 1 aromatic carbocycles. The van der Waals surface area contributed by atoms with Crippen molar-refractivity contribution in [2.24, 2.45) is 0 Å². The van der Waals surface area contributed by atoms with E-state index in [0.717, 1.165) is 24.2 Å². The maximum Gasteiger partial charge on any atom is 0.270 e. The topological polar surface area (TPSA) is 34.5 Å². The van der Waals surface area contributed by atoms with Crippen LogP contribution < -0.4 is 0 Å². The molecule has 1 aromatic heterocycles. The molecule has 0 N–H and O–H groups in total. The zero-order valence-electron chi connectivity index (χ0n) is 15.8. The molecule has 4 heteroatoms. The number of aromatic nitrogens is 1. The normalized spacial score (nSPS) is 14.8. The van der Waals surface area contributed by atoms with Crippen LogP contribution in [-0.4, -0.2) is 41.7 Å². The van der Waals surface area contributed by atoms with Gasteiger partial charge in [-0.25, -0.2) is 0 Å². The van der Waals surface area contributed by atoms with Crippen molar-refractivity contribution in [1.82, 2.24) is 9.47 Å². The second kappa shape index (κ2) is 7.44. The van der Waals surface area contributed by atoms with E-state index in [1.165, 1.54) is 22.4 Å². The molecule has 1 fully saturated rings. The largest absolute Gasteiger partial charge is 0.378 e. The zero-order chi connectivity index (χ0) is 18.0. The molecule has 4 nitrogen and oxygen atoms in total. The van der Waals surface area contributed by atoms with Crippen LogP contribution in [0.2, 0.25) is 0 Å². The maximum absolute atomic E-state index is 13.2. The molecule has 25 heavy (non-hydrogen) atoms. The first kappa shape index (κ1) is 17.7. The minimum absolute atomic E-state index is 0.136. The lowest BCUT2D eigenvalue weighted by molar-refractivity contribution is 0.0295. The standard InChI is InChI=1S/C21H28N2O2/c1-5-19-16(3)20(21(24)22-10-12-25-13-11-22)23(17(19)4)14-18-9-7-6-8-15(18)2/h6-9H,5,10-14H2,1-4H3. The van der Waals surface area contributed by atoms with Gasteiger partial charge in [-0.1, -0.05) is 31.2 Å². The van der Waals surface area contributed by atoms with E-state index in [1.807, 2.05) is 4.90 Å². The molecule has 1 aliphatic heterocycles. The summed E-state index contributed by atoms with van der Waals surface area (Å²) in [6, 6.07) is 8.41. The van der Waals surface area contributed by atoms with Crippen LogP contribution in [0.15, 0.2) is 24.3 Å². The third-order valence-electron chi connectivity index (χ3n) is 5.36. The Hall–Kier alpha value is -2.07. The third kappa shape index (κ3) is 3.36. The fourth-order valence-corrected chi connectivity index (χ4v) is 3.82. The van der Waals surface area contributed by atoms with E-state index in [1.54, 1.807) is 0 Å². The zero-order valence-corrected chi connectivity index (χ0v) is 15.8. The van der Waals surface area contributed by atoms with Gasteiger partial charge in [-0.3, -0.25) is 4.79 Å². The Balaban J connectivity index is 2.04. The first-order valence-electron chi connectivity index (χ1n) is 9.14. The Morgan fingerprint density at radius 2 is 1.80 bits per heavy atom. The van der Waals surface area contributed by atoms with Crippen LogP contribution in [0.25, 0.3) is 0 Å². The highest BCUT2D eigenvalue weighted by Gasteiger charge is 2.27. The van der Waals surface area contributed by atoms with Gasteiger partial charge in [-0.2, -0.15) is 0 Å². The highest BCUT2D eigenvalue weighted by molar-refractivity contribution is 5.95. The van der Waals surface area contributed by atoms with E-state index in [-0.39, 0.29) is 5.91 Å². The van der Waals surface area contributed by atoms with Crippen molar-refractivity contribution in [3.8, 4) is 0 Å². The van der Waals surface area contributed by atoms with Crippen molar-refractivity contribution in [3.63, 3.8) is 0 Å². The van der Waals surface area contributed by atoms with Crippen LogP contribution in [0.3, 0.4) is 0 Å². The SMILES string of the molecule is CCc1c(C)c(C(=O)N2CCOCC2)n(Cc2ccccc2C)c1C. The Bertz CT molecular complexity index is 770. The number of hydrogen-bond donors (Lipinski definition) is 0. The Morgan fingerprint density at radius 3 is 2.44 bits per heavy atom. The van der Waals surface area contributed by atoms with Gasteiger partial charge in [0.05, 0.1) is 13.2 Å². The molecule has 0 atom stereocenters. The second-order valence-corrected chi connectivity index (χ2v) is 6.81. The van der Waals surface area contributed by atoms with Crippen LogP contribution in [0, 0.1) is 20.8 Å². The number of nitrogens with zero attached hydrogens (tertiary/aromatic N) is 2. The van der Waals surface area contributed by atoms with Crippen molar-refractivity contribution in [2.75, 3.05) is 26.3 Å². The van der Waals surface area contributed by atoms with Crippen molar-refractivity contribution >= 4 is 5.91 Å². The van der Waals surface area contributed by atoms with E-state index in [9.17, 15) is 4.79 Å². The fraction of sp³-hybridized carbons (Fsp3) is 0.476. The molecule has 0 bridgehead atoms. The lowest BCUT2D eigenvalue weighted by Crippen LogP contribution is -2.41. The van der Waals surface area contributed by atoms with E-state index < -0.39 is 0 Å². The Labute approximate surface area is 150 Å². The van der Waals surface area contributed by atoms with Crippen LogP contribution in [0.5, 0.6) is 0 Å². The molecule has 0 spiro atoms. The summed E-state index contributed by atoms with van der Waals surface area (Å²) >= 11 is 0. The maximum atomic E-state index is 13.2. The lowest BCUT2D eigenvalue weighted by atomic mass is 10.1. The second-order valence-electron chi connectivity index (χ2n) is 6.81. The monoisotopic (exact) mass is 340 g/mol. The first-order chi connectivity index (χ1) is 12.0. The first-order valence-corrected chi connectivity index (χ1v) is 9.14. The molecule has 1 aliphatic rings. The summed E-state index contributed by atoms with van der Waals surface area (Å²) in [7, 11) is 0. The minimum atomic E-state index is 0.136. The van der Waals surface area contributed by atoms with Gasteiger partial charge >= 0.3 is 0 Å². The van der Waals surface area contributed by atoms with Gasteiger partial charge in [-0.05, 0) is 49.4 Å². The summed E-state index contributed by atoms with van der Waals surface area (Å²) in [5.74, 6) is 0.136. The predicted octanol–water partition coefficient (Wildman–Crippen LogP) is 3.50. The number of carbonyl (C=O) groups excluding carboxylic acids is 1. The molecule has 0 aliphatic carbocycles. The van der Waals surface area contributed by atoms with Gasteiger partial charge < -0.3 is 14.2 Å². The summed E-state index contributed by atoms with van der Waals surface area (Å²) in [5, 5.41) is 0. The lowest BCUT2D eigenvalue weighted by Gasteiger charge is -2.28. The van der Waals surface area contributed by atoms with E-state index >= 15 is 0 Å². The van der Waals surface area contributed by atoms with Gasteiger partial charge in [0.2, 0.25) is 0 Å². The van der Waals surface area contributed by atoms with Crippen molar-refractivity contribution in [2.45, 2.75) is 40.7 Å². The van der Waals surface area contributed by atoms with Gasteiger partial charge in [0, 0.05) is 25.3 Å². The Kier molecular flexibility index (Phi) is 5.28.